The van der Waals surface area contributed by atoms with E-state index in [4.69, 9.17) is 5.73 Å². The summed E-state index contributed by atoms with van der Waals surface area (Å²) >= 11 is 0. The highest BCUT2D eigenvalue weighted by atomic mass is 16.1. The van der Waals surface area contributed by atoms with Crippen LogP contribution in [0.15, 0.2) is 12.4 Å². The smallest absolute Gasteiger partial charge is 0.141 e. The zero-order chi connectivity index (χ0) is 12.0. The van der Waals surface area contributed by atoms with E-state index in [2.05, 4.69) is 12.0 Å². The Balaban J connectivity index is 2.55. The first kappa shape index (κ1) is 12.9. The first-order chi connectivity index (χ1) is 7.71. The molecule has 0 bridgehead atoms. The summed E-state index contributed by atoms with van der Waals surface area (Å²) < 4.78 is 1.83. The normalized spacial score (nSPS) is 12.7. The number of hydrogen-bond acceptors (Lipinski definition) is 3. The Labute approximate surface area is 96.8 Å². The van der Waals surface area contributed by atoms with Gasteiger partial charge in [-0.2, -0.15) is 5.10 Å². The fraction of sp³-hybridized carbons (Fsp3) is 0.667. The summed E-state index contributed by atoms with van der Waals surface area (Å²) in [4.78, 5) is 11.9. The first-order valence-corrected chi connectivity index (χ1v) is 5.95. The van der Waals surface area contributed by atoms with Gasteiger partial charge in [-0.1, -0.05) is 13.3 Å². The van der Waals surface area contributed by atoms with Crippen LogP contribution in [0.25, 0.3) is 0 Å². The van der Waals surface area contributed by atoms with E-state index < -0.39 is 0 Å². The standard InChI is InChI=1S/C12H21N3O/c1-3-5-11(7-13)12(16)6-10-8-14-15(4-2)9-10/h8-9,11H,3-7,13H2,1-2H3. The maximum Gasteiger partial charge on any atom is 0.141 e. The van der Waals surface area contributed by atoms with Crippen molar-refractivity contribution in [3.8, 4) is 0 Å². The van der Waals surface area contributed by atoms with Crippen LogP contribution in [-0.2, 0) is 17.8 Å². The summed E-state index contributed by atoms with van der Waals surface area (Å²) in [6, 6.07) is 0. The van der Waals surface area contributed by atoms with Gasteiger partial charge in [-0.25, -0.2) is 0 Å². The van der Waals surface area contributed by atoms with Gasteiger partial charge >= 0.3 is 0 Å². The van der Waals surface area contributed by atoms with Crippen LogP contribution < -0.4 is 5.73 Å². The third-order valence-corrected chi connectivity index (χ3v) is 2.77. The summed E-state index contributed by atoms with van der Waals surface area (Å²) in [5, 5.41) is 4.15. The molecule has 0 aromatic carbocycles. The molecule has 0 aliphatic heterocycles. The molecule has 16 heavy (non-hydrogen) atoms. The van der Waals surface area contributed by atoms with Gasteiger partial charge in [-0.05, 0) is 18.9 Å². The van der Waals surface area contributed by atoms with Gasteiger partial charge in [0.1, 0.15) is 5.78 Å². The van der Waals surface area contributed by atoms with Crippen LogP contribution in [0.1, 0.15) is 32.3 Å². The second kappa shape index (κ2) is 6.43. The van der Waals surface area contributed by atoms with Gasteiger partial charge in [0.15, 0.2) is 0 Å². The lowest BCUT2D eigenvalue weighted by Crippen LogP contribution is -2.24. The van der Waals surface area contributed by atoms with Gasteiger partial charge in [-0.3, -0.25) is 9.48 Å². The van der Waals surface area contributed by atoms with Crippen molar-refractivity contribution < 1.29 is 4.79 Å². The lowest BCUT2D eigenvalue weighted by atomic mass is 9.95. The monoisotopic (exact) mass is 223 g/mol. The van der Waals surface area contributed by atoms with Crippen LogP contribution in [0.3, 0.4) is 0 Å². The molecule has 1 aromatic heterocycles. The zero-order valence-corrected chi connectivity index (χ0v) is 10.1. The molecule has 1 atom stereocenters. The van der Waals surface area contributed by atoms with E-state index >= 15 is 0 Å². The van der Waals surface area contributed by atoms with E-state index in [1.165, 1.54) is 0 Å². The molecule has 0 aliphatic carbocycles. The van der Waals surface area contributed by atoms with Crippen molar-refractivity contribution in [2.45, 2.75) is 39.7 Å². The lowest BCUT2D eigenvalue weighted by Gasteiger charge is -2.11. The molecule has 1 unspecified atom stereocenters. The summed E-state index contributed by atoms with van der Waals surface area (Å²) in [5.41, 5.74) is 6.59. The van der Waals surface area contributed by atoms with E-state index in [1.54, 1.807) is 6.20 Å². The minimum Gasteiger partial charge on any atom is -0.330 e. The Morgan fingerprint density at radius 3 is 2.81 bits per heavy atom. The predicted molar refractivity (Wildman–Crippen MR) is 64.1 cm³/mol. The second-order valence-corrected chi connectivity index (χ2v) is 4.07. The molecule has 0 aliphatic rings. The van der Waals surface area contributed by atoms with Gasteiger partial charge in [0.2, 0.25) is 0 Å². The molecule has 90 valence electrons. The Morgan fingerprint density at radius 2 is 2.31 bits per heavy atom. The van der Waals surface area contributed by atoms with Crippen LogP contribution in [0.4, 0.5) is 0 Å². The number of nitrogens with two attached hydrogens (primary N) is 1. The molecule has 0 saturated heterocycles. The van der Waals surface area contributed by atoms with Gasteiger partial charge in [0.05, 0.1) is 6.20 Å². The van der Waals surface area contributed by atoms with E-state index in [-0.39, 0.29) is 11.7 Å². The van der Waals surface area contributed by atoms with Crippen LogP contribution in [0, 0.1) is 5.92 Å². The van der Waals surface area contributed by atoms with Crippen molar-refractivity contribution in [3.05, 3.63) is 18.0 Å². The van der Waals surface area contributed by atoms with Crippen molar-refractivity contribution in [2.75, 3.05) is 6.54 Å². The number of nitrogens with zero attached hydrogens (tertiary/aromatic N) is 2. The Kier molecular flexibility index (Phi) is 5.19. The van der Waals surface area contributed by atoms with Crippen molar-refractivity contribution >= 4 is 5.78 Å². The highest BCUT2D eigenvalue weighted by Gasteiger charge is 2.16. The largest absolute Gasteiger partial charge is 0.330 e. The topological polar surface area (TPSA) is 60.9 Å². The number of aromatic nitrogens is 2. The molecule has 4 heteroatoms. The Morgan fingerprint density at radius 1 is 1.56 bits per heavy atom. The molecule has 1 rings (SSSR count). The summed E-state index contributed by atoms with van der Waals surface area (Å²) in [6.45, 7) is 5.39. The number of carbonyl (C=O) groups is 1. The fourth-order valence-electron chi connectivity index (χ4n) is 1.77. The van der Waals surface area contributed by atoms with Gasteiger partial charge in [0, 0.05) is 31.6 Å². The number of hydrogen-bond donors (Lipinski definition) is 1. The van der Waals surface area contributed by atoms with Crippen molar-refractivity contribution in [3.63, 3.8) is 0 Å². The molecule has 1 aromatic rings. The quantitative estimate of drug-likeness (QED) is 0.760. The second-order valence-electron chi connectivity index (χ2n) is 4.07. The number of ketones is 1. The lowest BCUT2D eigenvalue weighted by molar-refractivity contribution is -0.122. The third kappa shape index (κ3) is 3.45. The number of aryl methyl sites for hydroxylation is 1. The number of Topliss-reactive ketones (excluding diaryl/α,β-unsaturated/α-hetero) is 1. The molecule has 2 N–H and O–H groups in total. The highest BCUT2D eigenvalue weighted by molar-refractivity contribution is 5.83. The Bertz CT molecular complexity index is 333. The molecule has 0 saturated carbocycles. The summed E-state index contributed by atoms with van der Waals surface area (Å²) in [5.74, 6) is 0.245. The van der Waals surface area contributed by atoms with Crippen molar-refractivity contribution in [2.24, 2.45) is 11.7 Å². The number of carbonyl (C=O) groups excluding carboxylic acids is 1. The van der Waals surface area contributed by atoms with Crippen LogP contribution in [0.2, 0.25) is 0 Å². The van der Waals surface area contributed by atoms with Crippen LogP contribution in [-0.4, -0.2) is 22.1 Å². The third-order valence-electron chi connectivity index (χ3n) is 2.77. The molecule has 4 nitrogen and oxygen atoms in total. The average molecular weight is 223 g/mol. The first-order valence-electron chi connectivity index (χ1n) is 5.95. The number of rotatable bonds is 7. The molecule has 0 spiro atoms. The minimum absolute atomic E-state index is 0.00924. The van der Waals surface area contributed by atoms with Crippen LogP contribution >= 0.6 is 0 Å². The van der Waals surface area contributed by atoms with E-state index in [1.807, 2.05) is 17.8 Å². The van der Waals surface area contributed by atoms with E-state index in [0.29, 0.717) is 13.0 Å². The summed E-state index contributed by atoms with van der Waals surface area (Å²) in [6.07, 6.45) is 6.04. The van der Waals surface area contributed by atoms with Crippen LogP contribution in [0.5, 0.6) is 0 Å². The minimum atomic E-state index is 0.00924. The predicted octanol–water partition coefficient (Wildman–Crippen LogP) is 1.39. The highest BCUT2D eigenvalue weighted by Crippen LogP contribution is 2.10. The van der Waals surface area contributed by atoms with Gasteiger partial charge < -0.3 is 5.73 Å². The van der Waals surface area contributed by atoms with Crippen molar-refractivity contribution in [1.29, 1.82) is 0 Å². The van der Waals surface area contributed by atoms with Gasteiger partial charge in [0.25, 0.3) is 0 Å². The maximum absolute atomic E-state index is 11.9. The molecule has 0 amide bonds. The van der Waals surface area contributed by atoms with Gasteiger partial charge in [-0.15, -0.1) is 0 Å². The zero-order valence-electron chi connectivity index (χ0n) is 10.1. The fourth-order valence-corrected chi connectivity index (χ4v) is 1.77. The molecule has 0 fully saturated rings. The Hall–Kier alpha value is -1.16. The molecular formula is C12H21N3O. The molecular weight excluding hydrogens is 202 g/mol. The van der Waals surface area contributed by atoms with Crippen molar-refractivity contribution in [1.82, 2.24) is 9.78 Å². The van der Waals surface area contributed by atoms with E-state index in [9.17, 15) is 4.79 Å². The molecule has 1 heterocycles. The summed E-state index contributed by atoms with van der Waals surface area (Å²) in [7, 11) is 0. The maximum atomic E-state index is 11.9. The average Bonchev–Trinajstić information content (AvgIpc) is 2.73. The van der Waals surface area contributed by atoms with E-state index in [0.717, 1.165) is 24.9 Å². The molecule has 0 radical (unpaired) electrons. The SMILES string of the molecule is CCCC(CN)C(=O)Cc1cnn(CC)c1.